The standard InChI is InChI=1S/C12H14BrN3/c1-9(12-14-5-6-15-12)16-8-10-3-2-4-11(13)7-10/h2-7,9,16H,8H2,1H3,(H,14,15). The van der Waals surface area contributed by atoms with Crippen LogP contribution >= 0.6 is 15.9 Å². The quantitative estimate of drug-likeness (QED) is 0.903. The average molecular weight is 280 g/mol. The van der Waals surface area contributed by atoms with Crippen LogP contribution in [0.1, 0.15) is 24.4 Å². The van der Waals surface area contributed by atoms with E-state index in [9.17, 15) is 0 Å². The molecule has 84 valence electrons. The van der Waals surface area contributed by atoms with Gasteiger partial charge in [-0.2, -0.15) is 0 Å². The zero-order valence-electron chi connectivity index (χ0n) is 9.07. The zero-order valence-corrected chi connectivity index (χ0v) is 10.7. The minimum absolute atomic E-state index is 0.231. The largest absolute Gasteiger partial charge is 0.347 e. The molecule has 2 aromatic rings. The van der Waals surface area contributed by atoms with Crippen molar-refractivity contribution in [2.45, 2.75) is 19.5 Å². The summed E-state index contributed by atoms with van der Waals surface area (Å²) >= 11 is 3.46. The number of rotatable bonds is 4. The lowest BCUT2D eigenvalue weighted by Gasteiger charge is -2.11. The molecule has 4 heteroatoms. The van der Waals surface area contributed by atoms with Gasteiger partial charge in [-0.05, 0) is 24.6 Å². The van der Waals surface area contributed by atoms with Crippen LogP contribution in [-0.4, -0.2) is 9.97 Å². The van der Waals surface area contributed by atoms with E-state index >= 15 is 0 Å². The molecule has 0 amide bonds. The highest BCUT2D eigenvalue weighted by Gasteiger charge is 2.06. The number of aromatic nitrogens is 2. The van der Waals surface area contributed by atoms with Gasteiger partial charge in [0.25, 0.3) is 0 Å². The first-order chi connectivity index (χ1) is 7.75. The maximum atomic E-state index is 4.22. The molecule has 0 saturated carbocycles. The average Bonchev–Trinajstić information content (AvgIpc) is 2.79. The molecular weight excluding hydrogens is 266 g/mol. The Morgan fingerprint density at radius 2 is 2.38 bits per heavy atom. The van der Waals surface area contributed by atoms with Crippen molar-refractivity contribution in [3.05, 3.63) is 52.5 Å². The summed E-state index contributed by atoms with van der Waals surface area (Å²) in [5, 5.41) is 3.41. The molecule has 2 rings (SSSR count). The van der Waals surface area contributed by atoms with Gasteiger partial charge in [-0.15, -0.1) is 0 Å². The van der Waals surface area contributed by atoms with Crippen molar-refractivity contribution in [3.63, 3.8) is 0 Å². The van der Waals surface area contributed by atoms with E-state index in [0.29, 0.717) is 0 Å². The van der Waals surface area contributed by atoms with Gasteiger partial charge in [0.15, 0.2) is 0 Å². The number of nitrogens with one attached hydrogen (secondary N) is 2. The molecule has 0 bridgehead atoms. The van der Waals surface area contributed by atoms with Crippen LogP contribution in [0.3, 0.4) is 0 Å². The summed E-state index contributed by atoms with van der Waals surface area (Å²) in [4.78, 5) is 7.32. The molecule has 1 aromatic carbocycles. The third-order valence-corrected chi connectivity index (χ3v) is 2.92. The molecule has 2 N–H and O–H groups in total. The van der Waals surface area contributed by atoms with Crippen LogP contribution in [0.25, 0.3) is 0 Å². The Kier molecular flexibility index (Phi) is 3.74. The van der Waals surface area contributed by atoms with Crippen LogP contribution in [0.15, 0.2) is 41.1 Å². The lowest BCUT2D eigenvalue weighted by Crippen LogP contribution is -2.19. The van der Waals surface area contributed by atoms with Crippen molar-refractivity contribution in [1.29, 1.82) is 0 Å². The molecule has 1 unspecified atom stereocenters. The van der Waals surface area contributed by atoms with Crippen molar-refractivity contribution < 1.29 is 0 Å². The normalized spacial score (nSPS) is 12.6. The van der Waals surface area contributed by atoms with Gasteiger partial charge >= 0.3 is 0 Å². The molecular formula is C12H14BrN3. The lowest BCUT2D eigenvalue weighted by molar-refractivity contribution is 0.551. The summed E-state index contributed by atoms with van der Waals surface area (Å²) in [6, 6.07) is 8.51. The predicted molar refractivity (Wildman–Crippen MR) is 68.0 cm³/mol. The van der Waals surface area contributed by atoms with E-state index < -0.39 is 0 Å². The number of benzene rings is 1. The highest BCUT2D eigenvalue weighted by atomic mass is 79.9. The van der Waals surface area contributed by atoms with E-state index in [1.165, 1.54) is 5.56 Å². The van der Waals surface area contributed by atoms with Crippen molar-refractivity contribution >= 4 is 15.9 Å². The topological polar surface area (TPSA) is 40.7 Å². The first-order valence-corrected chi connectivity index (χ1v) is 6.02. The zero-order chi connectivity index (χ0) is 11.4. The second kappa shape index (κ2) is 5.27. The van der Waals surface area contributed by atoms with Crippen molar-refractivity contribution in [2.75, 3.05) is 0 Å². The van der Waals surface area contributed by atoms with Crippen LogP contribution in [0.4, 0.5) is 0 Å². The molecule has 1 aromatic heterocycles. The fraction of sp³-hybridized carbons (Fsp3) is 0.250. The molecule has 1 heterocycles. The number of hydrogen-bond acceptors (Lipinski definition) is 2. The summed E-state index contributed by atoms with van der Waals surface area (Å²) in [5.74, 6) is 0.968. The summed E-state index contributed by atoms with van der Waals surface area (Å²) in [6.45, 7) is 2.93. The van der Waals surface area contributed by atoms with E-state index in [0.717, 1.165) is 16.8 Å². The van der Waals surface area contributed by atoms with Crippen LogP contribution in [0.5, 0.6) is 0 Å². The second-order valence-corrected chi connectivity index (χ2v) is 4.62. The van der Waals surface area contributed by atoms with Gasteiger partial charge in [-0.1, -0.05) is 28.1 Å². The fourth-order valence-corrected chi connectivity index (χ4v) is 1.98. The minimum atomic E-state index is 0.231. The van der Waals surface area contributed by atoms with E-state index in [-0.39, 0.29) is 6.04 Å². The molecule has 0 radical (unpaired) electrons. The Morgan fingerprint density at radius 3 is 3.06 bits per heavy atom. The predicted octanol–water partition coefficient (Wildman–Crippen LogP) is 3.02. The Morgan fingerprint density at radius 1 is 1.50 bits per heavy atom. The Bertz CT molecular complexity index is 439. The van der Waals surface area contributed by atoms with Crippen LogP contribution in [0.2, 0.25) is 0 Å². The van der Waals surface area contributed by atoms with Gasteiger partial charge in [-0.3, -0.25) is 0 Å². The highest BCUT2D eigenvalue weighted by Crippen LogP contribution is 2.13. The number of halogens is 1. The van der Waals surface area contributed by atoms with Crippen LogP contribution in [0, 0.1) is 0 Å². The number of nitrogens with zero attached hydrogens (tertiary/aromatic N) is 1. The SMILES string of the molecule is CC(NCc1cccc(Br)c1)c1ncc[nH]1. The number of aromatic amines is 1. The first-order valence-electron chi connectivity index (χ1n) is 5.23. The monoisotopic (exact) mass is 279 g/mol. The van der Waals surface area contributed by atoms with E-state index in [4.69, 9.17) is 0 Å². The molecule has 0 fully saturated rings. The third kappa shape index (κ3) is 2.93. The van der Waals surface area contributed by atoms with Crippen molar-refractivity contribution in [2.24, 2.45) is 0 Å². The maximum absolute atomic E-state index is 4.22. The maximum Gasteiger partial charge on any atom is 0.122 e. The van der Waals surface area contributed by atoms with Crippen LogP contribution < -0.4 is 5.32 Å². The summed E-state index contributed by atoms with van der Waals surface area (Å²) in [7, 11) is 0. The molecule has 0 aliphatic rings. The smallest absolute Gasteiger partial charge is 0.122 e. The van der Waals surface area contributed by atoms with Gasteiger partial charge < -0.3 is 10.3 Å². The summed E-state index contributed by atoms with van der Waals surface area (Å²) in [6.07, 6.45) is 3.61. The molecule has 0 aliphatic heterocycles. The minimum Gasteiger partial charge on any atom is -0.347 e. The van der Waals surface area contributed by atoms with Crippen molar-refractivity contribution in [3.8, 4) is 0 Å². The molecule has 0 spiro atoms. The van der Waals surface area contributed by atoms with Crippen molar-refractivity contribution in [1.82, 2.24) is 15.3 Å². The van der Waals surface area contributed by atoms with Gasteiger partial charge in [0.1, 0.15) is 5.82 Å². The second-order valence-electron chi connectivity index (χ2n) is 3.71. The van der Waals surface area contributed by atoms with Gasteiger partial charge in [0, 0.05) is 23.4 Å². The first kappa shape index (κ1) is 11.4. The third-order valence-electron chi connectivity index (χ3n) is 2.43. The Hall–Kier alpha value is -1.13. The number of H-pyrrole nitrogens is 1. The van der Waals surface area contributed by atoms with E-state index in [1.807, 2.05) is 18.3 Å². The summed E-state index contributed by atoms with van der Waals surface area (Å²) in [5.41, 5.74) is 1.26. The van der Waals surface area contributed by atoms with Gasteiger partial charge in [-0.25, -0.2) is 4.98 Å². The fourth-order valence-electron chi connectivity index (χ4n) is 1.53. The number of hydrogen-bond donors (Lipinski definition) is 2. The molecule has 0 saturated heterocycles. The lowest BCUT2D eigenvalue weighted by atomic mass is 10.2. The van der Waals surface area contributed by atoms with Gasteiger partial charge in [0.05, 0.1) is 6.04 Å². The Labute approximate surface area is 103 Å². The number of imidazole rings is 1. The highest BCUT2D eigenvalue weighted by molar-refractivity contribution is 9.10. The molecule has 1 atom stereocenters. The molecule has 0 aliphatic carbocycles. The Balaban J connectivity index is 1.92. The van der Waals surface area contributed by atoms with Crippen LogP contribution in [-0.2, 0) is 6.54 Å². The van der Waals surface area contributed by atoms with Gasteiger partial charge in [0.2, 0.25) is 0 Å². The molecule has 3 nitrogen and oxygen atoms in total. The summed E-state index contributed by atoms with van der Waals surface area (Å²) < 4.78 is 1.11. The van der Waals surface area contributed by atoms with E-state index in [2.05, 4.69) is 50.3 Å². The van der Waals surface area contributed by atoms with E-state index in [1.54, 1.807) is 6.20 Å². The molecule has 16 heavy (non-hydrogen) atoms.